The standard InChI is InChI=1S/C20H20O5/c21-11-17-19(23-13-15-7-3-1-4-8-15)20(18(12-22)25-17)24-14-16-9-5-2-6-10-16/h1-10,21-22H,11-14H2. The normalized spacial score (nSPS) is 10.6. The second kappa shape index (κ2) is 8.37. The van der Waals surface area contributed by atoms with Crippen LogP contribution in [0.25, 0.3) is 0 Å². The van der Waals surface area contributed by atoms with Crippen LogP contribution in [0.4, 0.5) is 0 Å². The van der Waals surface area contributed by atoms with Gasteiger partial charge in [-0.3, -0.25) is 0 Å². The molecule has 130 valence electrons. The summed E-state index contributed by atoms with van der Waals surface area (Å²) in [4.78, 5) is 0. The number of aliphatic hydroxyl groups excluding tert-OH is 2. The van der Waals surface area contributed by atoms with Crippen LogP contribution in [0.2, 0.25) is 0 Å². The fraction of sp³-hybridized carbons (Fsp3) is 0.200. The molecule has 0 aliphatic heterocycles. The predicted molar refractivity (Wildman–Crippen MR) is 92.1 cm³/mol. The molecule has 0 bridgehead atoms. The van der Waals surface area contributed by atoms with Gasteiger partial charge in [-0.25, -0.2) is 0 Å². The van der Waals surface area contributed by atoms with Gasteiger partial charge >= 0.3 is 0 Å². The van der Waals surface area contributed by atoms with Gasteiger partial charge < -0.3 is 24.1 Å². The molecule has 25 heavy (non-hydrogen) atoms. The van der Waals surface area contributed by atoms with Crippen molar-refractivity contribution in [3.63, 3.8) is 0 Å². The fourth-order valence-electron chi connectivity index (χ4n) is 2.45. The van der Waals surface area contributed by atoms with Crippen LogP contribution in [0.1, 0.15) is 22.6 Å². The summed E-state index contributed by atoms with van der Waals surface area (Å²) < 4.78 is 17.1. The van der Waals surface area contributed by atoms with Gasteiger partial charge in [0, 0.05) is 0 Å². The minimum atomic E-state index is -0.341. The van der Waals surface area contributed by atoms with Crippen LogP contribution in [0.15, 0.2) is 65.1 Å². The summed E-state index contributed by atoms with van der Waals surface area (Å²) in [6, 6.07) is 19.3. The van der Waals surface area contributed by atoms with Gasteiger partial charge in [-0.2, -0.15) is 0 Å². The lowest BCUT2D eigenvalue weighted by Crippen LogP contribution is -2.01. The molecule has 3 rings (SSSR count). The molecule has 2 N–H and O–H groups in total. The van der Waals surface area contributed by atoms with E-state index >= 15 is 0 Å². The van der Waals surface area contributed by atoms with E-state index in [1.165, 1.54) is 0 Å². The van der Waals surface area contributed by atoms with Crippen LogP contribution in [-0.2, 0) is 26.4 Å². The van der Waals surface area contributed by atoms with Gasteiger partial charge in [0.2, 0.25) is 11.5 Å². The Kier molecular flexibility index (Phi) is 5.72. The van der Waals surface area contributed by atoms with Gasteiger partial charge in [0.05, 0.1) is 0 Å². The van der Waals surface area contributed by atoms with E-state index in [0.29, 0.717) is 24.7 Å². The first-order chi connectivity index (χ1) is 12.3. The molecule has 0 saturated carbocycles. The Morgan fingerprint density at radius 2 is 1.04 bits per heavy atom. The van der Waals surface area contributed by atoms with E-state index < -0.39 is 0 Å². The van der Waals surface area contributed by atoms with Crippen molar-refractivity contribution in [2.45, 2.75) is 26.4 Å². The zero-order chi connectivity index (χ0) is 17.5. The molecule has 0 amide bonds. The third-order valence-electron chi connectivity index (χ3n) is 3.70. The Morgan fingerprint density at radius 1 is 0.640 bits per heavy atom. The summed E-state index contributed by atoms with van der Waals surface area (Å²) in [5.41, 5.74) is 1.96. The molecule has 1 heterocycles. The first-order valence-corrected chi connectivity index (χ1v) is 8.01. The van der Waals surface area contributed by atoms with Gasteiger partial charge in [-0.15, -0.1) is 0 Å². The molecule has 5 nitrogen and oxygen atoms in total. The maximum Gasteiger partial charge on any atom is 0.206 e. The number of aliphatic hydroxyl groups is 2. The molecule has 0 radical (unpaired) electrons. The van der Waals surface area contributed by atoms with Crippen LogP contribution in [-0.4, -0.2) is 10.2 Å². The summed E-state index contributed by atoms with van der Waals surface area (Å²) >= 11 is 0. The molecule has 0 unspecified atom stereocenters. The first kappa shape index (κ1) is 17.1. The Bertz CT molecular complexity index is 715. The summed E-state index contributed by atoms with van der Waals surface area (Å²) in [5.74, 6) is 1.13. The van der Waals surface area contributed by atoms with Crippen molar-refractivity contribution >= 4 is 0 Å². The Labute approximate surface area is 146 Å². The molecule has 2 aromatic carbocycles. The number of furan rings is 1. The molecular formula is C20H20O5. The molecule has 5 heteroatoms. The highest BCUT2D eigenvalue weighted by atomic mass is 16.5. The summed E-state index contributed by atoms with van der Waals surface area (Å²) in [7, 11) is 0. The maximum absolute atomic E-state index is 9.52. The van der Waals surface area contributed by atoms with E-state index in [0.717, 1.165) is 11.1 Å². The highest BCUT2D eigenvalue weighted by Crippen LogP contribution is 2.39. The topological polar surface area (TPSA) is 72.1 Å². The van der Waals surface area contributed by atoms with Crippen LogP contribution in [0.5, 0.6) is 11.5 Å². The van der Waals surface area contributed by atoms with Gasteiger partial charge in [-0.1, -0.05) is 60.7 Å². The minimum Gasteiger partial charge on any atom is -0.482 e. The Balaban J connectivity index is 1.80. The predicted octanol–water partition coefficient (Wildman–Crippen LogP) is 3.42. The summed E-state index contributed by atoms with van der Waals surface area (Å²) in [6.07, 6.45) is 0. The second-order valence-corrected chi connectivity index (χ2v) is 5.47. The Hall–Kier alpha value is -2.76. The first-order valence-electron chi connectivity index (χ1n) is 8.01. The molecule has 0 aliphatic rings. The number of hydrogen-bond donors (Lipinski definition) is 2. The highest BCUT2D eigenvalue weighted by Gasteiger charge is 2.23. The number of ether oxygens (including phenoxy) is 2. The van der Waals surface area contributed by atoms with Crippen molar-refractivity contribution in [2.75, 3.05) is 0 Å². The maximum atomic E-state index is 9.52. The molecule has 0 saturated heterocycles. The van der Waals surface area contributed by atoms with E-state index in [4.69, 9.17) is 13.9 Å². The fourth-order valence-corrected chi connectivity index (χ4v) is 2.45. The zero-order valence-corrected chi connectivity index (χ0v) is 13.7. The van der Waals surface area contributed by atoms with Crippen molar-refractivity contribution in [1.29, 1.82) is 0 Å². The molecule has 0 spiro atoms. The monoisotopic (exact) mass is 340 g/mol. The van der Waals surface area contributed by atoms with Crippen LogP contribution < -0.4 is 9.47 Å². The highest BCUT2D eigenvalue weighted by molar-refractivity contribution is 5.46. The van der Waals surface area contributed by atoms with Crippen molar-refractivity contribution < 1.29 is 24.1 Å². The van der Waals surface area contributed by atoms with Crippen molar-refractivity contribution in [3.8, 4) is 11.5 Å². The second-order valence-electron chi connectivity index (χ2n) is 5.47. The molecule has 0 aliphatic carbocycles. The van der Waals surface area contributed by atoms with Crippen molar-refractivity contribution in [3.05, 3.63) is 83.3 Å². The third-order valence-corrected chi connectivity index (χ3v) is 3.70. The van der Waals surface area contributed by atoms with Crippen molar-refractivity contribution in [2.24, 2.45) is 0 Å². The Morgan fingerprint density at radius 3 is 1.40 bits per heavy atom. The summed E-state index contributed by atoms with van der Waals surface area (Å²) in [6.45, 7) is -0.0719. The number of rotatable bonds is 8. The third kappa shape index (κ3) is 4.21. The lowest BCUT2D eigenvalue weighted by Gasteiger charge is -2.10. The zero-order valence-electron chi connectivity index (χ0n) is 13.7. The SMILES string of the molecule is OCc1oc(CO)c(OCc2ccccc2)c1OCc1ccccc1. The van der Waals surface area contributed by atoms with Gasteiger partial charge in [-0.05, 0) is 11.1 Å². The lowest BCUT2D eigenvalue weighted by molar-refractivity contribution is 0.205. The van der Waals surface area contributed by atoms with Crippen LogP contribution >= 0.6 is 0 Å². The van der Waals surface area contributed by atoms with Gasteiger partial charge in [0.25, 0.3) is 0 Å². The molecule has 1 aromatic heterocycles. The largest absolute Gasteiger partial charge is 0.482 e. The smallest absolute Gasteiger partial charge is 0.206 e. The van der Waals surface area contributed by atoms with E-state index in [1.54, 1.807) is 0 Å². The lowest BCUT2D eigenvalue weighted by atomic mass is 10.2. The molecular weight excluding hydrogens is 320 g/mol. The number of benzene rings is 2. The van der Waals surface area contributed by atoms with Crippen LogP contribution in [0, 0.1) is 0 Å². The average Bonchev–Trinajstić information content (AvgIpc) is 3.03. The minimum absolute atomic E-state index is 0.239. The van der Waals surface area contributed by atoms with E-state index in [9.17, 15) is 10.2 Å². The van der Waals surface area contributed by atoms with E-state index in [1.807, 2.05) is 60.7 Å². The van der Waals surface area contributed by atoms with Crippen molar-refractivity contribution in [1.82, 2.24) is 0 Å². The number of hydrogen-bond acceptors (Lipinski definition) is 5. The molecule has 0 fully saturated rings. The molecule has 3 aromatic rings. The van der Waals surface area contributed by atoms with E-state index in [2.05, 4.69) is 0 Å². The quantitative estimate of drug-likeness (QED) is 0.657. The van der Waals surface area contributed by atoms with Gasteiger partial charge in [0.1, 0.15) is 26.4 Å². The van der Waals surface area contributed by atoms with Crippen LogP contribution in [0.3, 0.4) is 0 Å². The molecule has 0 atom stereocenters. The van der Waals surface area contributed by atoms with E-state index in [-0.39, 0.29) is 24.7 Å². The summed E-state index contributed by atoms with van der Waals surface area (Å²) in [5, 5.41) is 19.0. The van der Waals surface area contributed by atoms with Gasteiger partial charge in [0.15, 0.2) is 11.5 Å². The average molecular weight is 340 g/mol.